The molecule has 0 atom stereocenters. The van der Waals surface area contributed by atoms with Gasteiger partial charge >= 0.3 is 0 Å². The zero-order valence-electron chi connectivity index (χ0n) is 13.8. The first-order valence-electron chi connectivity index (χ1n) is 7.88. The van der Waals surface area contributed by atoms with E-state index in [9.17, 15) is 0 Å². The molecule has 20 heavy (non-hydrogen) atoms. The highest BCUT2D eigenvalue weighted by molar-refractivity contribution is 5.14. The molecule has 1 aromatic heterocycles. The minimum Gasteiger partial charge on any atom is -0.312 e. The van der Waals surface area contributed by atoms with Gasteiger partial charge in [0.2, 0.25) is 0 Å². The van der Waals surface area contributed by atoms with Crippen LogP contribution in [0.25, 0.3) is 0 Å². The number of nitrogens with zero attached hydrogens (tertiary/aromatic N) is 2. The summed E-state index contributed by atoms with van der Waals surface area (Å²) < 4.78 is 0. The first-order valence-corrected chi connectivity index (χ1v) is 7.88. The second-order valence-corrected chi connectivity index (χ2v) is 6.40. The summed E-state index contributed by atoms with van der Waals surface area (Å²) >= 11 is 0. The highest BCUT2D eigenvalue weighted by atomic mass is 15.1. The molecule has 0 fully saturated rings. The molecule has 0 unspecified atom stereocenters. The van der Waals surface area contributed by atoms with Gasteiger partial charge in [-0.2, -0.15) is 0 Å². The second-order valence-electron chi connectivity index (χ2n) is 6.40. The topological polar surface area (TPSA) is 28.2 Å². The molecule has 1 N–H and O–H groups in total. The summed E-state index contributed by atoms with van der Waals surface area (Å²) in [5.41, 5.74) is 2.43. The standard InChI is InChI=1S/C17H31N3/c1-6-20(12-15(4)5)13-17-8-7-16(11-19-17)10-18-9-14(2)3/h7-8,11,14-15,18H,6,9-10,12-13H2,1-5H3. The highest BCUT2D eigenvalue weighted by Gasteiger charge is 2.07. The van der Waals surface area contributed by atoms with Gasteiger partial charge in [0.25, 0.3) is 0 Å². The molecular formula is C17H31N3. The van der Waals surface area contributed by atoms with Crippen LogP contribution in [0.1, 0.15) is 45.9 Å². The minimum atomic E-state index is 0.691. The van der Waals surface area contributed by atoms with Gasteiger partial charge in [-0.1, -0.05) is 40.7 Å². The van der Waals surface area contributed by atoms with Crippen molar-refractivity contribution in [2.75, 3.05) is 19.6 Å². The van der Waals surface area contributed by atoms with Gasteiger partial charge in [0.05, 0.1) is 5.69 Å². The molecule has 114 valence electrons. The maximum Gasteiger partial charge on any atom is 0.0544 e. The first kappa shape index (κ1) is 17.1. The minimum absolute atomic E-state index is 0.691. The SMILES string of the molecule is CCN(Cc1ccc(CNCC(C)C)cn1)CC(C)C. The van der Waals surface area contributed by atoms with E-state index in [1.165, 1.54) is 11.3 Å². The molecule has 3 nitrogen and oxygen atoms in total. The van der Waals surface area contributed by atoms with Crippen molar-refractivity contribution >= 4 is 0 Å². The van der Waals surface area contributed by atoms with Gasteiger partial charge in [0, 0.05) is 25.8 Å². The fraction of sp³-hybridized carbons (Fsp3) is 0.706. The molecule has 0 saturated carbocycles. The third kappa shape index (κ3) is 7.01. The lowest BCUT2D eigenvalue weighted by atomic mass is 10.2. The van der Waals surface area contributed by atoms with E-state index >= 15 is 0 Å². The van der Waals surface area contributed by atoms with Crippen LogP contribution in [0.4, 0.5) is 0 Å². The Balaban J connectivity index is 2.44. The summed E-state index contributed by atoms with van der Waals surface area (Å²) in [6.45, 7) is 16.3. The van der Waals surface area contributed by atoms with E-state index < -0.39 is 0 Å². The predicted octanol–water partition coefficient (Wildman–Crippen LogP) is 3.31. The average molecular weight is 277 g/mol. The van der Waals surface area contributed by atoms with Crippen molar-refractivity contribution in [3.63, 3.8) is 0 Å². The van der Waals surface area contributed by atoms with Crippen LogP contribution in [0.3, 0.4) is 0 Å². The monoisotopic (exact) mass is 277 g/mol. The molecule has 0 bridgehead atoms. The quantitative estimate of drug-likeness (QED) is 0.750. The van der Waals surface area contributed by atoms with Gasteiger partial charge in [0.15, 0.2) is 0 Å². The van der Waals surface area contributed by atoms with Gasteiger partial charge < -0.3 is 5.32 Å². The van der Waals surface area contributed by atoms with E-state index in [2.05, 4.69) is 62.0 Å². The molecule has 1 aromatic rings. The number of aromatic nitrogens is 1. The lowest BCUT2D eigenvalue weighted by Gasteiger charge is -2.22. The third-order valence-electron chi connectivity index (χ3n) is 3.22. The van der Waals surface area contributed by atoms with Gasteiger partial charge in [-0.3, -0.25) is 9.88 Å². The van der Waals surface area contributed by atoms with E-state index in [0.717, 1.165) is 32.7 Å². The Kier molecular flexibility index (Phi) is 7.78. The van der Waals surface area contributed by atoms with Crippen LogP contribution in [0, 0.1) is 11.8 Å². The maximum absolute atomic E-state index is 4.59. The van der Waals surface area contributed by atoms with Crippen molar-refractivity contribution in [1.29, 1.82) is 0 Å². The van der Waals surface area contributed by atoms with Gasteiger partial charge in [-0.05, 0) is 36.6 Å². The molecule has 0 amide bonds. The summed E-state index contributed by atoms with van der Waals surface area (Å²) in [6, 6.07) is 4.36. The average Bonchev–Trinajstić information content (AvgIpc) is 2.39. The number of hydrogen-bond acceptors (Lipinski definition) is 3. The molecule has 0 saturated heterocycles. The van der Waals surface area contributed by atoms with Gasteiger partial charge in [0.1, 0.15) is 0 Å². The van der Waals surface area contributed by atoms with E-state index in [4.69, 9.17) is 0 Å². The summed E-state index contributed by atoms with van der Waals surface area (Å²) in [6.07, 6.45) is 2.01. The highest BCUT2D eigenvalue weighted by Crippen LogP contribution is 2.06. The number of hydrogen-bond donors (Lipinski definition) is 1. The van der Waals surface area contributed by atoms with Gasteiger partial charge in [-0.25, -0.2) is 0 Å². The Morgan fingerprint density at radius 2 is 1.90 bits per heavy atom. The molecule has 0 aliphatic heterocycles. The van der Waals surface area contributed by atoms with Crippen LogP contribution in [0.2, 0.25) is 0 Å². The van der Waals surface area contributed by atoms with Crippen LogP contribution in [0.15, 0.2) is 18.3 Å². The summed E-state index contributed by atoms with van der Waals surface area (Å²) in [5.74, 6) is 1.39. The molecule has 0 radical (unpaired) electrons. The van der Waals surface area contributed by atoms with E-state index in [1.54, 1.807) is 0 Å². The summed E-state index contributed by atoms with van der Waals surface area (Å²) in [5, 5.41) is 3.45. The Hall–Kier alpha value is -0.930. The van der Waals surface area contributed by atoms with Crippen molar-refractivity contribution < 1.29 is 0 Å². The number of rotatable bonds is 9. The summed E-state index contributed by atoms with van der Waals surface area (Å²) in [7, 11) is 0. The lowest BCUT2D eigenvalue weighted by Crippen LogP contribution is -2.27. The van der Waals surface area contributed by atoms with E-state index in [1.807, 2.05) is 6.20 Å². The van der Waals surface area contributed by atoms with E-state index in [0.29, 0.717) is 11.8 Å². The van der Waals surface area contributed by atoms with Crippen LogP contribution in [0.5, 0.6) is 0 Å². The van der Waals surface area contributed by atoms with E-state index in [-0.39, 0.29) is 0 Å². The fourth-order valence-electron chi connectivity index (χ4n) is 2.21. The van der Waals surface area contributed by atoms with Crippen LogP contribution in [-0.2, 0) is 13.1 Å². The van der Waals surface area contributed by atoms with Crippen LogP contribution in [-0.4, -0.2) is 29.5 Å². The van der Waals surface area contributed by atoms with Gasteiger partial charge in [-0.15, -0.1) is 0 Å². The number of pyridine rings is 1. The molecule has 1 heterocycles. The first-order chi connectivity index (χ1) is 9.51. The molecule has 0 aliphatic carbocycles. The smallest absolute Gasteiger partial charge is 0.0544 e. The van der Waals surface area contributed by atoms with Crippen LogP contribution >= 0.6 is 0 Å². The molecule has 0 aliphatic rings. The maximum atomic E-state index is 4.59. The van der Waals surface area contributed by atoms with Crippen molar-refractivity contribution in [2.24, 2.45) is 11.8 Å². The number of nitrogens with one attached hydrogen (secondary N) is 1. The van der Waals surface area contributed by atoms with Crippen LogP contribution < -0.4 is 5.32 Å². The summed E-state index contributed by atoms with van der Waals surface area (Å²) in [4.78, 5) is 7.04. The Bertz CT molecular complexity index is 357. The molecule has 1 rings (SSSR count). The molecule has 0 spiro atoms. The zero-order valence-corrected chi connectivity index (χ0v) is 13.8. The van der Waals surface area contributed by atoms with Crippen molar-refractivity contribution in [3.05, 3.63) is 29.6 Å². The Labute approximate surface area is 124 Å². The normalized spacial score (nSPS) is 11.8. The molecular weight excluding hydrogens is 246 g/mol. The predicted molar refractivity (Wildman–Crippen MR) is 86.6 cm³/mol. The molecule has 3 heteroatoms. The Morgan fingerprint density at radius 1 is 1.15 bits per heavy atom. The van der Waals surface area contributed by atoms with Crippen molar-refractivity contribution in [3.8, 4) is 0 Å². The van der Waals surface area contributed by atoms with Crippen molar-refractivity contribution in [2.45, 2.75) is 47.7 Å². The second kappa shape index (κ2) is 9.09. The fourth-order valence-corrected chi connectivity index (χ4v) is 2.21. The molecule has 0 aromatic carbocycles. The third-order valence-corrected chi connectivity index (χ3v) is 3.22. The zero-order chi connectivity index (χ0) is 15.0. The van der Waals surface area contributed by atoms with Crippen molar-refractivity contribution in [1.82, 2.24) is 15.2 Å². The Morgan fingerprint density at radius 3 is 2.40 bits per heavy atom. The largest absolute Gasteiger partial charge is 0.312 e. The lowest BCUT2D eigenvalue weighted by molar-refractivity contribution is 0.245.